The SMILES string of the molecule is CCCC1=C(C(=O)OCC)[C@H](c2ccccc2F)C2=C(C[C@@H](c3cccs3)[C@@H](C(=O)OCC)C2=O)N1. The first-order chi connectivity index (χ1) is 17.4. The smallest absolute Gasteiger partial charge is 0.336 e. The molecular formula is C28H30FNO5S. The fourth-order valence-corrected chi connectivity index (χ4v) is 6.00. The van der Waals surface area contributed by atoms with Crippen molar-refractivity contribution in [2.24, 2.45) is 5.92 Å². The summed E-state index contributed by atoms with van der Waals surface area (Å²) in [7, 11) is 0. The van der Waals surface area contributed by atoms with Crippen LogP contribution in [0.5, 0.6) is 0 Å². The third-order valence-corrected chi connectivity index (χ3v) is 7.57. The zero-order valence-electron chi connectivity index (χ0n) is 20.6. The minimum Gasteiger partial charge on any atom is -0.465 e. The summed E-state index contributed by atoms with van der Waals surface area (Å²) in [4.78, 5) is 41.5. The standard InChI is InChI=1S/C28H30FNO5S/c1-4-10-19-25(28(33)35-6-3)22(16-11-7-8-12-18(16)29)24-20(30-19)15-17(21-13-9-14-36-21)23(26(24)31)27(32)34-5-2/h7-9,11-14,17,22-23,30H,4-6,10,15H2,1-3H3/t17-,22+,23+/m0/s1. The van der Waals surface area contributed by atoms with Crippen molar-refractivity contribution in [1.29, 1.82) is 0 Å². The first-order valence-electron chi connectivity index (χ1n) is 12.3. The van der Waals surface area contributed by atoms with E-state index in [1.54, 1.807) is 32.0 Å². The lowest BCUT2D eigenvalue weighted by atomic mass is 9.68. The molecule has 3 atom stereocenters. The number of benzene rings is 1. The highest BCUT2D eigenvalue weighted by molar-refractivity contribution is 7.10. The highest BCUT2D eigenvalue weighted by Gasteiger charge is 2.50. The van der Waals surface area contributed by atoms with Crippen LogP contribution >= 0.6 is 11.3 Å². The van der Waals surface area contributed by atoms with Crippen LogP contribution in [0.25, 0.3) is 0 Å². The maximum absolute atomic E-state index is 15.3. The largest absolute Gasteiger partial charge is 0.465 e. The van der Waals surface area contributed by atoms with E-state index in [1.807, 2.05) is 24.4 Å². The Kier molecular flexibility index (Phi) is 8.04. The third-order valence-electron chi connectivity index (χ3n) is 6.56. The summed E-state index contributed by atoms with van der Waals surface area (Å²) in [6, 6.07) is 9.92. The van der Waals surface area contributed by atoms with Crippen LogP contribution in [0.4, 0.5) is 4.39 Å². The van der Waals surface area contributed by atoms with Crippen molar-refractivity contribution >= 4 is 29.1 Å². The maximum Gasteiger partial charge on any atom is 0.336 e. The fraction of sp³-hybridized carbons (Fsp3) is 0.393. The van der Waals surface area contributed by atoms with Crippen LogP contribution in [0.2, 0.25) is 0 Å². The van der Waals surface area contributed by atoms with Gasteiger partial charge in [-0.05, 0) is 44.2 Å². The van der Waals surface area contributed by atoms with Crippen LogP contribution in [-0.2, 0) is 23.9 Å². The molecule has 0 fully saturated rings. The number of thiophene rings is 1. The molecule has 0 unspecified atom stereocenters. The Bertz CT molecular complexity index is 1220. The van der Waals surface area contributed by atoms with Crippen molar-refractivity contribution in [3.8, 4) is 0 Å². The Morgan fingerprint density at radius 3 is 2.47 bits per heavy atom. The van der Waals surface area contributed by atoms with E-state index >= 15 is 4.39 Å². The van der Waals surface area contributed by atoms with Gasteiger partial charge in [-0.15, -0.1) is 11.3 Å². The number of carbonyl (C=O) groups is 3. The van der Waals surface area contributed by atoms with E-state index in [2.05, 4.69) is 5.32 Å². The van der Waals surface area contributed by atoms with Crippen LogP contribution in [0, 0.1) is 11.7 Å². The molecule has 0 saturated carbocycles. The second-order valence-corrected chi connectivity index (χ2v) is 9.73. The topological polar surface area (TPSA) is 81.7 Å². The van der Waals surface area contributed by atoms with Crippen molar-refractivity contribution in [2.75, 3.05) is 13.2 Å². The van der Waals surface area contributed by atoms with E-state index in [0.29, 0.717) is 24.2 Å². The molecule has 0 spiro atoms. The van der Waals surface area contributed by atoms with Crippen LogP contribution in [-0.4, -0.2) is 30.9 Å². The summed E-state index contributed by atoms with van der Waals surface area (Å²) in [6.07, 6.45) is 1.61. The summed E-state index contributed by atoms with van der Waals surface area (Å²) in [5.41, 5.74) is 1.88. The Morgan fingerprint density at radius 2 is 1.83 bits per heavy atom. The van der Waals surface area contributed by atoms with Crippen molar-refractivity contribution in [3.63, 3.8) is 0 Å². The van der Waals surface area contributed by atoms with E-state index in [1.165, 1.54) is 17.4 Å². The average Bonchev–Trinajstić information content (AvgIpc) is 3.39. The third kappa shape index (κ3) is 4.74. The first kappa shape index (κ1) is 25.8. The molecule has 1 aliphatic carbocycles. The highest BCUT2D eigenvalue weighted by Crippen LogP contribution is 2.49. The summed E-state index contributed by atoms with van der Waals surface area (Å²) < 4.78 is 25.9. The molecular weight excluding hydrogens is 481 g/mol. The zero-order valence-corrected chi connectivity index (χ0v) is 21.5. The van der Waals surface area contributed by atoms with Gasteiger partial charge in [-0.25, -0.2) is 9.18 Å². The molecule has 0 saturated heterocycles. The molecule has 0 bridgehead atoms. The molecule has 2 aliphatic rings. The van der Waals surface area contributed by atoms with E-state index in [-0.39, 0.29) is 29.9 Å². The monoisotopic (exact) mass is 511 g/mol. The van der Waals surface area contributed by atoms with Crippen LogP contribution in [0.15, 0.2) is 64.3 Å². The summed E-state index contributed by atoms with van der Waals surface area (Å²) in [6.45, 7) is 5.65. The number of ketones is 1. The number of ether oxygens (including phenoxy) is 2. The molecule has 36 heavy (non-hydrogen) atoms. The molecule has 190 valence electrons. The normalized spacial score (nSPS) is 21.7. The molecule has 1 aromatic heterocycles. The number of dihydropyridines is 1. The molecule has 8 heteroatoms. The van der Waals surface area contributed by atoms with Crippen LogP contribution in [0.1, 0.15) is 62.3 Å². The number of hydrogen-bond donors (Lipinski definition) is 1. The number of halogens is 1. The molecule has 0 radical (unpaired) electrons. The van der Waals surface area contributed by atoms with Gasteiger partial charge >= 0.3 is 11.9 Å². The number of carbonyl (C=O) groups excluding carboxylic acids is 3. The number of esters is 2. The van der Waals surface area contributed by atoms with E-state index < -0.39 is 41.3 Å². The first-order valence-corrected chi connectivity index (χ1v) is 13.2. The van der Waals surface area contributed by atoms with Gasteiger partial charge in [0.25, 0.3) is 0 Å². The van der Waals surface area contributed by atoms with Gasteiger partial charge in [-0.1, -0.05) is 37.6 Å². The van der Waals surface area contributed by atoms with Gasteiger partial charge in [0.2, 0.25) is 0 Å². The summed E-state index contributed by atoms with van der Waals surface area (Å²) in [5, 5.41) is 5.25. The van der Waals surface area contributed by atoms with Gasteiger partial charge < -0.3 is 14.8 Å². The number of nitrogens with one attached hydrogen (secondary N) is 1. The Balaban J connectivity index is 1.94. The molecule has 1 aliphatic heterocycles. The fourth-order valence-electron chi connectivity index (χ4n) is 5.14. The quantitative estimate of drug-likeness (QED) is 0.379. The molecule has 1 aromatic carbocycles. The lowest BCUT2D eigenvalue weighted by Gasteiger charge is -2.39. The average molecular weight is 512 g/mol. The van der Waals surface area contributed by atoms with Gasteiger partial charge in [0, 0.05) is 33.3 Å². The lowest BCUT2D eigenvalue weighted by molar-refractivity contribution is -0.152. The number of rotatable bonds is 8. The minimum atomic E-state index is -1.09. The van der Waals surface area contributed by atoms with Crippen LogP contribution < -0.4 is 5.32 Å². The van der Waals surface area contributed by atoms with Gasteiger partial charge in [-0.2, -0.15) is 0 Å². The Hall–Kier alpha value is -3.26. The number of hydrogen-bond acceptors (Lipinski definition) is 7. The van der Waals surface area contributed by atoms with Crippen molar-refractivity contribution in [1.82, 2.24) is 5.32 Å². The van der Waals surface area contributed by atoms with Crippen LogP contribution in [0.3, 0.4) is 0 Å². The second kappa shape index (κ2) is 11.2. The predicted octanol–water partition coefficient (Wildman–Crippen LogP) is 5.38. The Labute approximate surface area is 214 Å². The maximum atomic E-state index is 15.3. The number of allylic oxidation sites excluding steroid dienone is 3. The van der Waals surface area contributed by atoms with Crippen molar-refractivity contribution < 1.29 is 28.2 Å². The highest BCUT2D eigenvalue weighted by atomic mass is 32.1. The second-order valence-electron chi connectivity index (χ2n) is 8.75. The van der Waals surface area contributed by atoms with Crippen molar-refractivity contribution in [2.45, 2.75) is 51.9 Å². The van der Waals surface area contributed by atoms with E-state index in [4.69, 9.17) is 9.47 Å². The van der Waals surface area contributed by atoms with Gasteiger partial charge in [0.1, 0.15) is 11.7 Å². The number of Topliss-reactive ketones (excluding diaryl/α,β-unsaturated/α-hetero) is 1. The predicted molar refractivity (Wildman–Crippen MR) is 135 cm³/mol. The van der Waals surface area contributed by atoms with Crippen molar-refractivity contribution in [3.05, 3.63) is 80.6 Å². The lowest BCUT2D eigenvalue weighted by Crippen LogP contribution is -2.43. The molecule has 4 rings (SSSR count). The molecule has 2 heterocycles. The minimum absolute atomic E-state index is 0.134. The van der Waals surface area contributed by atoms with Gasteiger partial charge in [-0.3, -0.25) is 9.59 Å². The van der Waals surface area contributed by atoms with Gasteiger partial charge in [0.15, 0.2) is 5.78 Å². The van der Waals surface area contributed by atoms with E-state index in [9.17, 15) is 14.4 Å². The molecule has 1 N–H and O–H groups in total. The molecule has 2 aromatic rings. The summed E-state index contributed by atoms with van der Waals surface area (Å²) in [5.74, 6) is -4.70. The molecule has 0 amide bonds. The van der Waals surface area contributed by atoms with E-state index in [0.717, 1.165) is 11.3 Å². The molecule has 6 nitrogen and oxygen atoms in total. The zero-order chi connectivity index (χ0) is 25.8. The van der Waals surface area contributed by atoms with Gasteiger partial charge in [0.05, 0.1) is 24.7 Å². The Morgan fingerprint density at radius 1 is 1.08 bits per heavy atom. The summed E-state index contributed by atoms with van der Waals surface area (Å²) >= 11 is 1.48.